The molecule has 0 fully saturated rings. The van der Waals surface area contributed by atoms with Crippen molar-refractivity contribution in [2.24, 2.45) is 5.92 Å². The summed E-state index contributed by atoms with van der Waals surface area (Å²) in [7, 11) is -5.20. The van der Waals surface area contributed by atoms with Gasteiger partial charge in [-0.3, -0.25) is 0 Å². The first-order valence-corrected chi connectivity index (χ1v) is 14.3. The Balaban J connectivity index is 1.62. The van der Waals surface area contributed by atoms with E-state index in [1.165, 1.54) is 0 Å². The standard InChI is InChI=1S/C28H33O7P/c29-27(34-20-24-12-6-2-7-13-24)17-16-26(28(30)35-21-25-14-8-3-9-15-25)22-36(31,32,33)19-18-23-10-4-1-5-11-23/h1-15,26,31-33H,16-22H2. The van der Waals surface area contributed by atoms with Gasteiger partial charge >= 0.3 is 211 Å². The average Bonchev–Trinajstić information content (AvgIpc) is 2.89. The Morgan fingerprint density at radius 3 is 1.69 bits per heavy atom. The molecule has 1 atom stereocenters. The molecule has 1 unspecified atom stereocenters. The number of hydrogen-bond donors (Lipinski definition) is 3. The minimum atomic E-state index is -5.20. The van der Waals surface area contributed by atoms with Crippen LogP contribution in [0.3, 0.4) is 0 Å². The zero-order valence-electron chi connectivity index (χ0n) is 20.1. The Hall–Kier alpha value is -3.09. The predicted octanol–water partition coefficient (Wildman–Crippen LogP) is 4.39. The second-order valence-corrected chi connectivity index (χ2v) is 12.5. The van der Waals surface area contributed by atoms with Gasteiger partial charge in [-0.05, 0) is 0 Å². The van der Waals surface area contributed by atoms with Crippen LogP contribution in [0.1, 0.15) is 29.5 Å². The van der Waals surface area contributed by atoms with Crippen molar-refractivity contribution >= 4 is 19.2 Å². The van der Waals surface area contributed by atoms with Crippen molar-refractivity contribution < 1.29 is 33.7 Å². The SMILES string of the molecule is O=C(CCC(CP(O)(O)(O)CCc1ccccc1)C(=O)OCc1ccccc1)OCc1ccccc1. The normalized spacial score (nSPS) is 13.2. The number of carbonyl (C=O) groups is 2. The van der Waals surface area contributed by atoms with E-state index in [9.17, 15) is 24.3 Å². The molecular weight excluding hydrogens is 479 g/mol. The molecule has 0 saturated heterocycles. The second kappa shape index (κ2) is 12.7. The Morgan fingerprint density at radius 2 is 1.17 bits per heavy atom. The molecule has 0 amide bonds. The van der Waals surface area contributed by atoms with E-state index in [1.807, 2.05) is 78.9 Å². The Labute approximate surface area is 211 Å². The monoisotopic (exact) mass is 512 g/mol. The topological polar surface area (TPSA) is 113 Å². The second-order valence-electron chi connectivity index (χ2n) is 8.96. The molecular formula is C28H33O7P. The van der Waals surface area contributed by atoms with E-state index in [0.29, 0.717) is 0 Å². The molecule has 0 spiro atoms. The van der Waals surface area contributed by atoms with E-state index in [4.69, 9.17) is 9.47 Å². The van der Waals surface area contributed by atoms with Gasteiger partial charge in [0.25, 0.3) is 0 Å². The molecule has 0 aromatic heterocycles. The van der Waals surface area contributed by atoms with Crippen LogP contribution in [-0.4, -0.2) is 38.9 Å². The molecule has 0 radical (unpaired) electrons. The molecule has 0 aliphatic rings. The maximum absolute atomic E-state index is 12.9. The van der Waals surface area contributed by atoms with Crippen molar-refractivity contribution in [2.75, 3.05) is 12.3 Å². The van der Waals surface area contributed by atoms with Crippen LogP contribution in [0.2, 0.25) is 0 Å². The van der Waals surface area contributed by atoms with Crippen molar-refractivity contribution in [3.8, 4) is 0 Å². The molecule has 192 valence electrons. The van der Waals surface area contributed by atoms with Crippen LogP contribution in [0.5, 0.6) is 0 Å². The third-order valence-corrected chi connectivity index (χ3v) is 8.12. The van der Waals surface area contributed by atoms with E-state index in [1.54, 1.807) is 12.1 Å². The summed E-state index contributed by atoms with van der Waals surface area (Å²) in [5, 5.41) is 0. The first-order valence-electron chi connectivity index (χ1n) is 11.9. The number of benzene rings is 3. The van der Waals surface area contributed by atoms with Gasteiger partial charge in [0.1, 0.15) is 0 Å². The number of hydrogen-bond acceptors (Lipinski definition) is 7. The van der Waals surface area contributed by atoms with Crippen molar-refractivity contribution in [3.63, 3.8) is 0 Å². The summed E-state index contributed by atoms with van der Waals surface area (Å²) in [5.74, 6) is -2.33. The van der Waals surface area contributed by atoms with Crippen LogP contribution in [0.4, 0.5) is 0 Å². The molecule has 3 aromatic rings. The molecule has 0 aliphatic heterocycles. The first-order chi connectivity index (χ1) is 17.2. The summed E-state index contributed by atoms with van der Waals surface area (Å²) in [6.07, 6.45) is -0.836. The van der Waals surface area contributed by atoms with Gasteiger partial charge in [-0.2, -0.15) is 0 Å². The zero-order chi connectivity index (χ0) is 25.9. The Bertz CT molecular complexity index is 1100. The van der Waals surface area contributed by atoms with Crippen molar-refractivity contribution in [3.05, 3.63) is 108 Å². The molecule has 8 heteroatoms. The molecule has 3 aromatic carbocycles. The average molecular weight is 513 g/mol. The van der Waals surface area contributed by atoms with Crippen LogP contribution in [0.15, 0.2) is 91.0 Å². The fourth-order valence-electron chi connectivity index (χ4n) is 3.78. The van der Waals surface area contributed by atoms with Crippen LogP contribution in [0, 0.1) is 5.92 Å². The van der Waals surface area contributed by atoms with Gasteiger partial charge in [-0.25, -0.2) is 0 Å². The summed E-state index contributed by atoms with van der Waals surface area (Å²) in [6, 6.07) is 27.4. The Kier molecular flexibility index (Phi) is 9.73. The summed E-state index contributed by atoms with van der Waals surface area (Å²) >= 11 is 0. The van der Waals surface area contributed by atoms with Crippen LogP contribution < -0.4 is 0 Å². The summed E-state index contributed by atoms with van der Waals surface area (Å²) in [4.78, 5) is 57.6. The van der Waals surface area contributed by atoms with Crippen LogP contribution in [-0.2, 0) is 38.7 Å². The first kappa shape index (κ1) is 27.5. The van der Waals surface area contributed by atoms with E-state index in [2.05, 4.69) is 0 Å². The van der Waals surface area contributed by atoms with Gasteiger partial charge in [0.15, 0.2) is 0 Å². The van der Waals surface area contributed by atoms with Gasteiger partial charge < -0.3 is 0 Å². The van der Waals surface area contributed by atoms with Crippen molar-refractivity contribution in [1.29, 1.82) is 0 Å². The van der Waals surface area contributed by atoms with Crippen molar-refractivity contribution in [1.82, 2.24) is 0 Å². The van der Waals surface area contributed by atoms with Gasteiger partial charge in [-0.15, -0.1) is 0 Å². The predicted molar refractivity (Wildman–Crippen MR) is 139 cm³/mol. The summed E-state index contributed by atoms with van der Waals surface area (Å²) < 4.78 is 10.7. The fourth-order valence-corrected chi connectivity index (χ4v) is 5.91. The fraction of sp³-hybridized carbons (Fsp3) is 0.286. The molecule has 0 aliphatic carbocycles. The molecule has 7 nitrogen and oxygen atoms in total. The van der Waals surface area contributed by atoms with Crippen LogP contribution in [0.25, 0.3) is 0 Å². The summed E-state index contributed by atoms with van der Waals surface area (Å²) in [6.45, 7) is 0.0935. The van der Waals surface area contributed by atoms with Crippen LogP contribution >= 0.6 is 7.28 Å². The summed E-state index contributed by atoms with van der Waals surface area (Å²) in [5.41, 5.74) is 2.43. The van der Waals surface area contributed by atoms with Gasteiger partial charge in [-0.1, -0.05) is 0 Å². The molecule has 0 saturated carbocycles. The Morgan fingerprint density at radius 1 is 0.694 bits per heavy atom. The minimum absolute atomic E-state index is 0.00309. The number of rotatable bonds is 13. The zero-order valence-corrected chi connectivity index (χ0v) is 21.0. The number of aryl methyl sites for hydroxylation is 1. The van der Waals surface area contributed by atoms with E-state index < -0.39 is 31.3 Å². The third-order valence-electron chi connectivity index (χ3n) is 5.79. The molecule has 3 N–H and O–H groups in total. The van der Waals surface area contributed by atoms with Crippen molar-refractivity contribution in [2.45, 2.75) is 32.5 Å². The number of esters is 2. The molecule has 0 bridgehead atoms. The van der Waals surface area contributed by atoms with Gasteiger partial charge in [0.2, 0.25) is 0 Å². The quantitative estimate of drug-likeness (QED) is 0.230. The van der Waals surface area contributed by atoms with Gasteiger partial charge in [0, 0.05) is 0 Å². The number of ether oxygens (including phenoxy) is 2. The van der Waals surface area contributed by atoms with E-state index >= 15 is 0 Å². The molecule has 36 heavy (non-hydrogen) atoms. The van der Waals surface area contributed by atoms with E-state index in [0.717, 1.165) is 16.7 Å². The maximum atomic E-state index is 12.9. The molecule has 3 rings (SSSR count). The van der Waals surface area contributed by atoms with Gasteiger partial charge in [0.05, 0.1) is 0 Å². The number of carbonyl (C=O) groups excluding carboxylic acids is 2. The third kappa shape index (κ3) is 9.88. The molecule has 0 heterocycles. The van der Waals surface area contributed by atoms with E-state index in [-0.39, 0.29) is 38.6 Å².